The number of halogens is 3. The van der Waals surface area contributed by atoms with Gasteiger partial charge in [0.1, 0.15) is 17.4 Å². The van der Waals surface area contributed by atoms with E-state index in [1.165, 1.54) is 6.07 Å². The first kappa shape index (κ1) is 12.6. The second-order valence-corrected chi connectivity index (χ2v) is 5.26. The van der Waals surface area contributed by atoms with E-state index in [0.717, 1.165) is 18.9 Å². The highest BCUT2D eigenvalue weighted by molar-refractivity contribution is 9.10. The fraction of sp³-hybridized carbons (Fsp3) is 0.417. The van der Waals surface area contributed by atoms with Gasteiger partial charge < -0.3 is 5.73 Å². The normalized spacial score (nSPS) is 16.9. The summed E-state index contributed by atoms with van der Waals surface area (Å²) in [6.07, 6.45) is 1.22. The van der Waals surface area contributed by atoms with E-state index in [4.69, 9.17) is 5.73 Å². The fourth-order valence-corrected chi connectivity index (χ4v) is 2.20. The van der Waals surface area contributed by atoms with Gasteiger partial charge in [0.2, 0.25) is 0 Å². The van der Waals surface area contributed by atoms with Crippen LogP contribution in [0.15, 0.2) is 16.6 Å². The standard InChI is InChI=1S/C12H12BrF2NO/c13-8-1-2-9(14)7(11(8)15)5-10(17)12(6-16)3-4-12/h1-2H,3-6,16H2. The van der Waals surface area contributed by atoms with Crippen molar-refractivity contribution in [3.05, 3.63) is 33.8 Å². The van der Waals surface area contributed by atoms with Crippen molar-refractivity contribution in [3.63, 3.8) is 0 Å². The summed E-state index contributed by atoms with van der Waals surface area (Å²) >= 11 is 2.98. The van der Waals surface area contributed by atoms with Crippen molar-refractivity contribution >= 4 is 21.7 Å². The molecular formula is C12H12BrF2NO. The zero-order chi connectivity index (χ0) is 12.6. The third kappa shape index (κ3) is 2.26. The molecule has 92 valence electrons. The number of hydrogen-bond donors (Lipinski definition) is 1. The molecular weight excluding hydrogens is 292 g/mol. The number of carbonyl (C=O) groups is 1. The van der Waals surface area contributed by atoms with E-state index >= 15 is 0 Å². The molecule has 1 aliphatic rings. The highest BCUT2D eigenvalue weighted by Gasteiger charge is 2.48. The second kappa shape index (κ2) is 4.46. The Morgan fingerprint density at radius 2 is 2.06 bits per heavy atom. The van der Waals surface area contributed by atoms with E-state index in [1.807, 2.05) is 0 Å². The topological polar surface area (TPSA) is 43.1 Å². The van der Waals surface area contributed by atoms with Crippen molar-refractivity contribution in [1.29, 1.82) is 0 Å². The van der Waals surface area contributed by atoms with Gasteiger partial charge in [-0.3, -0.25) is 4.79 Å². The summed E-state index contributed by atoms with van der Waals surface area (Å²) in [7, 11) is 0. The van der Waals surface area contributed by atoms with Gasteiger partial charge in [0.15, 0.2) is 0 Å². The molecule has 0 aromatic heterocycles. The largest absolute Gasteiger partial charge is 0.329 e. The highest BCUT2D eigenvalue weighted by Crippen LogP contribution is 2.46. The molecule has 0 radical (unpaired) electrons. The van der Waals surface area contributed by atoms with Crippen molar-refractivity contribution in [3.8, 4) is 0 Å². The Morgan fingerprint density at radius 1 is 1.41 bits per heavy atom. The summed E-state index contributed by atoms with van der Waals surface area (Å²) in [5.74, 6) is -1.56. The predicted octanol–water partition coefficient (Wildman–Crippen LogP) is 2.58. The van der Waals surface area contributed by atoms with E-state index in [2.05, 4.69) is 15.9 Å². The first-order valence-corrected chi connectivity index (χ1v) is 6.15. The minimum absolute atomic E-state index is 0.166. The van der Waals surface area contributed by atoms with Crippen LogP contribution in [0.25, 0.3) is 0 Å². The van der Waals surface area contributed by atoms with Crippen LogP contribution in [0.1, 0.15) is 18.4 Å². The lowest BCUT2D eigenvalue weighted by Gasteiger charge is -2.12. The van der Waals surface area contributed by atoms with Crippen molar-refractivity contribution in [1.82, 2.24) is 0 Å². The van der Waals surface area contributed by atoms with Crippen LogP contribution in [-0.4, -0.2) is 12.3 Å². The summed E-state index contributed by atoms with van der Waals surface area (Å²) in [5, 5.41) is 0. The first-order chi connectivity index (χ1) is 8.00. The summed E-state index contributed by atoms with van der Waals surface area (Å²) < 4.78 is 27.3. The van der Waals surface area contributed by atoms with Gasteiger partial charge in [0.05, 0.1) is 4.47 Å². The lowest BCUT2D eigenvalue weighted by molar-refractivity contribution is -0.123. The van der Waals surface area contributed by atoms with Gasteiger partial charge in [-0.25, -0.2) is 8.78 Å². The molecule has 5 heteroatoms. The maximum atomic E-state index is 13.7. The Morgan fingerprint density at radius 3 is 2.59 bits per heavy atom. The monoisotopic (exact) mass is 303 g/mol. The smallest absolute Gasteiger partial charge is 0.144 e. The van der Waals surface area contributed by atoms with Crippen LogP contribution in [0, 0.1) is 17.0 Å². The number of Topliss-reactive ketones (excluding diaryl/α,β-unsaturated/α-hetero) is 1. The lowest BCUT2D eigenvalue weighted by Crippen LogP contribution is -2.27. The summed E-state index contributed by atoms with van der Waals surface area (Å²) in [6.45, 7) is 0.253. The van der Waals surface area contributed by atoms with Crippen LogP contribution >= 0.6 is 15.9 Å². The van der Waals surface area contributed by atoms with Crippen molar-refractivity contribution < 1.29 is 13.6 Å². The molecule has 17 heavy (non-hydrogen) atoms. The SMILES string of the molecule is NCC1(C(=O)Cc2c(F)ccc(Br)c2F)CC1. The number of benzene rings is 1. The summed E-state index contributed by atoms with van der Waals surface area (Å²) in [6, 6.07) is 2.44. The van der Waals surface area contributed by atoms with Gasteiger partial charge >= 0.3 is 0 Å². The first-order valence-electron chi connectivity index (χ1n) is 5.36. The highest BCUT2D eigenvalue weighted by atomic mass is 79.9. The second-order valence-electron chi connectivity index (χ2n) is 4.41. The van der Waals surface area contributed by atoms with E-state index in [9.17, 15) is 13.6 Å². The number of hydrogen-bond acceptors (Lipinski definition) is 2. The molecule has 2 rings (SSSR count). The maximum Gasteiger partial charge on any atom is 0.144 e. The average molecular weight is 304 g/mol. The van der Waals surface area contributed by atoms with Gasteiger partial charge in [0, 0.05) is 23.9 Å². The maximum absolute atomic E-state index is 13.7. The number of ketones is 1. The molecule has 1 aliphatic carbocycles. The van der Waals surface area contributed by atoms with Gasteiger partial charge in [-0.2, -0.15) is 0 Å². The summed E-state index contributed by atoms with van der Waals surface area (Å²) in [4.78, 5) is 11.9. The predicted molar refractivity (Wildman–Crippen MR) is 63.5 cm³/mol. The Hall–Kier alpha value is -0.810. The van der Waals surface area contributed by atoms with Crippen LogP contribution in [0.4, 0.5) is 8.78 Å². The van der Waals surface area contributed by atoms with E-state index in [-0.39, 0.29) is 28.8 Å². The molecule has 0 aliphatic heterocycles. The zero-order valence-corrected chi connectivity index (χ0v) is 10.7. The van der Waals surface area contributed by atoms with Crippen molar-refractivity contribution in [2.24, 2.45) is 11.1 Å². The molecule has 1 saturated carbocycles. The Balaban J connectivity index is 2.25. The van der Waals surface area contributed by atoms with Crippen LogP contribution in [-0.2, 0) is 11.2 Å². The minimum atomic E-state index is -0.703. The van der Waals surface area contributed by atoms with E-state index < -0.39 is 17.0 Å². The number of nitrogens with two attached hydrogens (primary N) is 1. The molecule has 0 atom stereocenters. The minimum Gasteiger partial charge on any atom is -0.329 e. The molecule has 2 nitrogen and oxygen atoms in total. The van der Waals surface area contributed by atoms with Gasteiger partial charge in [-0.15, -0.1) is 0 Å². The third-order valence-corrected chi connectivity index (χ3v) is 3.92. The van der Waals surface area contributed by atoms with Crippen molar-refractivity contribution in [2.45, 2.75) is 19.3 Å². The van der Waals surface area contributed by atoms with Crippen molar-refractivity contribution in [2.75, 3.05) is 6.54 Å². The molecule has 0 amide bonds. The Labute approximate surface area is 106 Å². The van der Waals surface area contributed by atoms with Crippen LogP contribution in [0.5, 0.6) is 0 Å². The van der Waals surface area contributed by atoms with Crippen LogP contribution in [0.2, 0.25) is 0 Å². The van der Waals surface area contributed by atoms with E-state index in [1.54, 1.807) is 0 Å². The molecule has 0 heterocycles. The number of carbonyl (C=O) groups excluding carboxylic acids is 1. The molecule has 2 N–H and O–H groups in total. The molecule has 0 bridgehead atoms. The average Bonchev–Trinajstić information content (AvgIpc) is 3.10. The molecule has 0 saturated heterocycles. The molecule has 1 aromatic carbocycles. The lowest BCUT2D eigenvalue weighted by atomic mass is 9.95. The molecule has 0 spiro atoms. The molecule has 0 unspecified atom stereocenters. The summed E-state index contributed by atoms with van der Waals surface area (Å²) in [5.41, 5.74) is 4.81. The zero-order valence-electron chi connectivity index (χ0n) is 9.10. The van der Waals surface area contributed by atoms with Gasteiger partial charge in [-0.1, -0.05) is 0 Å². The number of rotatable bonds is 4. The Bertz CT molecular complexity index is 472. The van der Waals surface area contributed by atoms with E-state index in [0.29, 0.717) is 0 Å². The molecule has 1 fully saturated rings. The third-order valence-electron chi connectivity index (χ3n) is 3.31. The fourth-order valence-electron chi connectivity index (χ4n) is 1.83. The van der Waals surface area contributed by atoms with Crippen LogP contribution in [0.3, 0.4) is 0 Å². The quantitative estimate of drug-likeness (QED) is 0.869. The van der Waals surface area contributed by atoms with Gasteiger partial charge in [-0.05, 0) is 40.9 Å². The Kier molecular flexibility index (Phi) is 3.32. The van der Waals surface area contributed by atoms with Gasteiger partial charge in [0.25, 0.3) is 0 Å². The van der Waals surface area contributed by atoms with Crippen LogP contribution < -0.4 is 5.73 Å². The molecule has 1 aromatic rings.